The van der Waals surface area contributed by atoms with Gasteiger partial charge in [0.15, 0.2) is 0 Å². The van der Waals surface area contributed by atoms with Gasteiger partial charge in [0.25, 0.3) is 5.91 Å². The highest BCUT2D eigenvalue weighted by molar-refractivity contribution is 5.96. The number of hydrogen-bond acceptors (Lipinski definition) is 3. The molecular formula is C21H24FN3O. The Morgan fingerprint density at radius 2 is 1.73 bits per heavy atom. The Balaban J connectivity index is 1.45. The van der Waals surface area contributed by atoms with Crippen molar-refractivity contribution in [1.29, 1.82) is 0 Å². The maximum absolute atomic E-state index is 13.1. The minimum Gasteiger partial charge on any atom is -0.368 e. The van der Waals surface area contributed by atoms with Crippen LogP contribution in [-0.2, 0) is 0 Å². The van der Waals surface area contributed by atoms with E-state index in [1.54, 1.807) is 12.1 Å². The first kappa shape index (κ1) is 17.0. The van der Waals surface area contributed by atoms with Gasteiger partial charge in [0.2, 0.25) is 0 Å². The largest absolute Gasteiger partial charge is 0.368 e. The Bertz CT molecular complexity index is 763. The number of halogens is 1. The Morgan fingerprint density at radius 3 is 2.42 bits per heavy atom. The van der Waals surface area contributed by atoms with Gasteiger partial charge < -0.3 is 15.1 Å². The molecule has 1 atom stereocenters. The molecule has 2 aliphatic rings. The van der Waals surface area contributed by atoms with E-state index in [4.69, 9.17) is 0 Å². The van der Waals surface area contributed by atoms with Crippen LogP contribution in [0.4, 0.5) is 10.1 Å². The number of anilines is 1. The van der Waals surface area contributed by atoms with Gasteiger partial charge in [0.1, 0.15) is 5.82 Å². The third kappa shape index (κ3) is 3.44. The number of piperazine rings is 1. The van der Waals surface area contributed by atoms with E-state index in [1.807, 2.05) is 23.1 Å². The minimum atomic E-state index is -0.222. The molecule has 2 fully saturated rings. The molecule has 1 N–H and O–H groups in total. The lowest BCUT2D eigenvalue weighted by Crippen LogP contribution is -2.49. The summed E-state index contributed by atoms with van der Waals surface area (Å²) in [6.07, 6.45) is 1.09. The van der Waals surface area contributed by atoms with Crippen molar-refractivity contribution in [3.8, 4) is 0 Å². The Labute approximate surface area is 153 Å². The van der Waals surface area contributed by atoms with Crippen LogP contribution < -0.4 is 10.2 Å². The number of amides is 1. The molecule has 2 saturated heterocycles. The molecule has 0 bridgehead atoms. The van der Waals surface area contributed by atoms with Crippen LogP contribution >= 0.6 is 0 Å². The Morgan fingerprint density at radius 1 is 1.00 bits per heavy atom. The first-order chi connectivity index (χ1) is 12.7. The fraction of sp³-hybridized carbons (Fsp3) is 0.381. The van der Waals surface area contributed by atoms with Crippen LogP contribution in [0.2, 0.25) is 0 Å². The van der Waals surface area contributed by atoms with Gasteiger partial charge in [-0.3, -0.25) is 4.79 Å². The number of carbonyl (C=O) groups is 1. The molecule has 0 saturated carbocycles. The van der Waals surface area contributed by atoms with Crippen molar-refractivity contribution in [2.75, 3.05) is 44.2 Å². The molecule has 0 aromatic heterocycles. The van der Waals surface area contributed by atoms with E-state index in [0.29, 0.717) is 19.0 Å². The van der Waals surface area contributed by atoms with Gasteiger partial charge in [-0.25, -0.2) is 4.39 Å². The van der Waals surface area contributed by atoms with Gasteiger partial charge in [-0.1, -0.05) is 18.2 Å². The van der Waals surface area contributed by atoms with E-state index in [0.717, 1.165) is 43.9 Å². The molecule has 26 heavy (non-hydrogen) atoms. The standard InChI is InChI=1S/C21H24FN3O/c22-17-5-7-18(8-6-17)24-11-13-25(14-12-24)21(26)20-4-2-1-3-19(20)16-9-10-23-15-16/h1-8,16,23H,9-15H2. The summed E-state index contributed by atoms with van der Waals surface area (Å²) >= 11 is 0. The first-order valence-electron chi connectivity index (χ1n) is 9.32. The maximum atomic E-state index is 13.1. The summed E-state index contributed by atoms with van der Waals surface area (Å²) in [5.41, 5.74) is 3.02. The number of hydrogen-bond donors (Lipinski definition) is 1. The smallest absolute Gasteiger partial charge is 0.254 e. The van der Waals surface area contributed by atoms with E-state index < -0.39 is 0 Å². The molecule has 5 heteroatoms. The first-order valence-corrected chi connectivity index (χ1v) is 9.32. The SMILES string of the molecule is O=C(c1ccccc1C1CCNC1)N1CCN(c2ccc(F)cc2)CC1. The average Bonchev–Trinajstić information content (AvgIpc) is 3.23. The fourth-order valence-electron chi connectivity index (χ4n) is 3.96. The molecule has 0 aliphatic carbocycles. The van der Waals surface area contributed by atoms with Crippen LogP contribution in [0.1, 0.15) is 28.3 Å². The molecule has 0 spiro atoms. The average molecular weight is 353 g/mol. The van der Waals surface area contributed by atoms with Crippen LogP contribution in [0.15, 0.2) is 48.5 Å². The fourth-order valence-corrected chi connectivity index (χ4v) is 3.96. The molecular weight excluding hydrogens is 329 g/mol. The predicted molar refractivity (Wildman–Crippen MR) is 101 cm³/mol. The zero-order valence-corrected chi connectivity index (χ0v) is 14.8. The minimum absolute atomic E-state index is 0.131. The molecule has 2 aromatic carbocycles. The van der Waals surface area contributed by atoms with Crippen molar-refractivity contribution in [1.82, 2.24) is 10.2 Å². The summed E-state index contributed by atoms with van der Waals surface area (Å²) < 4.78 is 13.1. The molecule has 4 rings (SSSR count). The molecule has 1 unspecified atom stereocenters. The number of nitrogens with zero attached hydrogens (tertiary/aromatic N) is 2. The second-order valence-electron chi connectivity index (χ2n) is 7.03. The third-order valence-corrected chi connectivity index (χ3v) is 5.45. The molecule has 2 aliphatic heterocycles. The van der Waals surface area contributed by atoms with Gasteiger partial charge in [-0.2, -0.15) is 0 Å². The van der Waals surface area contributed by atoms with Gasteiger partial charge in [0, 0.05) is 44.0 Å². The van der Waals surface area contributed by atoms with Crippen molar-refractivity contribution in [2.45, 2.75) is 12.3 Å². The molecule has 1 amide bonds. The number of carbonyl (C=O) groups excluding carboxylic acids is 1. The molecule has 136 valence electrons. The summed E-state index contributed by atoms with van der Waals surface area (Å²) in [4.78, 5) is 17.3. The lowest BCUT2D eigenvalue weighted by Gasteiger charge is -2.36. The lowest BCUT2D eigenvalue weighted by molar-refractivity contribution is 0.0745. The summed E-state index contributed by atoms with van der Waals surface area (Å²) in [6, 6.07) is 14.6. The maximum Gasteiger partial charge on any atom is 0.254 e. The summed E-state index contributed by atoms with van der Waals surface area (Å²) in [6.45, 7) is 4.88. The van der Waals surface area contributed by atoms with Crippen LogP contribution in [0.5, 0.6) is 0 Å². The highest BCUT2D eigenvalue weighted by atomic mass is 19.1. The van der Waals surface area contributed by atoms with Crippen molar-refractivity contribution < 1.29 is 9.18 Å². The van der Waals surface area contributed by atoms with Crippen molar-refractivity contribution >= 4 is 11.6 Å². The van der Waals surface area contributed by atoms with Crippen molar-refractivity contribution in [3.05, 3.63) is 65.5 Å². The third-order valence-electron chi connectivity index (χ3n) is 5.45. The zero-order chi connectivity index (χ0) is 17.9. The molecule has 2 heterocycles. The van der Waals surface area contributed by atoms with E-state index in [1.165, 1.54) is 17.7 Å². The van der Waals surface area contributed by atoms with Crippen LogP contribution in [0.25, 0.3) is 0 Å². The van der Waals surface area contributed by atoms with Crippen molar-refractivity contribution in [3.63, 3.8) is 0 Å². The van der Waals surface area contributed by atoms with Gasteiger partial charge in [-0.05, 0) is 54.8 Å². The quantitative estimate of drug-likeness (QED) is 0.922. The highest BCUT2D eigenvalue weighted by Crippen LogP contribution is 2.27. The molecule has 4 nitrogen and oxygen atoms in total. The summed E-state index contributed by atoms with van der Waals surface area (Å²) in [7, 11) is 0. The van der Waals surface area contributed by atoms with E-state index >= 15 is 0 Å². The normalized spacial score (nSPS) is 20.4. The van der Waals surface area contributed by atoms with Gasteiger partial charge >= 0.3 is 0 Å². The Kier molecular flexibility index (Phi) is 4.89. The predicted octanol–water partition coefficient (Wildman–Crippen LogP) is 2.87. The topological polar surface area (TPSA) is 35.6 Å². The van der Waals surface area contributed by atoms with Crippen LogP contribution in [-0.4, -0.2) is 50.1 Å². The summed E-state index contributed by atoms with van der Waals surface area (Å²) in [5, 5.41) is 3.39. The number of benzene rings is 2. The highest BCUT2D eigenvalue weighted by Gasteiger charge is 2.27. The van der Waals surface area contributed by atoms with Crippen LogP contribution in [0.3, 0.4) is 0 Å². The number of nitrogens with one attached hydrogen (secondary N) is 1. The Hall–Kier alpha value is -2.40. The monoisotopic (exact) mass is 353 g/mol. The van der Waals surface area contributed by atoms with Crippen LogP contribution in [0, 0.1) is 5.82 Å². The second kappa shape index (κ2) is 7.46. The van der Waals surface area contributed by atoms with Crippen molar-refractivity contribution in [2.24, 2.45) is 0 Å². The molecule has 2 aromatic rings. The number of rotatable bonds is 3. The van der Waals surface area contributed by atoms with Gasteiger partial charge in [-0.15, -0.1) is 0 Å². The lowest BCUT2D eigenvalue weighted by atomic mass is 9.93. The van der Waals surface area contributed by atoms with E-state index in [2.05, 4.69) is 16.3 Å². The van der Waals surface area contributed by atoms with Gasteiger partial charge in [0.05, 0.1) is 0 Å². The summed E-state index contributed by atoms with van der Waals surface area (Å²) in [5.74, 6) is 0.336. The van der Waals surface area contributed by atoms with E-state index in [9.17, 15) is 9.18 Å². The van der Waals surface area contributed by atoms with E-state index in [-0.39, 0.29) is 11.7 Å². The molecule has 0 radical (unpaired) electrons. The second-order valence-corrected chi connectivity index (χ2v) is 7.03. The zero-order valence-electron chi connectivity index (χ0n) is 14.8.